The lowest BCUT2D eigenvalue weighted by Gasteiger charge is -2.08. The second-order valence-corrected chi connectivity index (χ2v) is 2.94. The van der Waals surface area contributed by atoms with E-state index in [-0.39, 0.29) is 5.56 Å². The van der Waals surface area contributed by atoms with Gasteiger partial charge in [-0.2, -0.15) is 0 Å². The quantitative estimate of drug-likeness (QED) is 0.689. The molecule has 2 N–H and O–H groups in total. The molecule has 66 valence electrons. The van der Waals surface area contributed by atoms with Crippen molar-refractivity contribution in [1.82, 2.24) is 0 Å². The van der Waals surface area contributed by atoms with Crippen molar-refractivity contribution in [2.45, 2.75) is 19.9 Å². The lowest BCUT2D eigenvalue weighted by Crippen LogP contribution is -2.09. The first-order chi connectivity index (χ1) is 5.52. The van der Waals surface area contributed by atoms with Gasteiger partial charge < -0.3 is 5.73 Å². The van der Waals surface area contributed by atoms with Crippen LogP contribution in [0, 0.1) is 18.6 Å². The number of hydrogen-bond acceptors (Lipinski definition) is 1. The van der Waals surface area contributed by atoms with Crippen LogP contribution in [-0.2, 0) is 0 Å². The van der Waals surface area contributed by atoms with Crippen LogP contribution in [0.5, 0.6) is 0 Å². The number of benzene rings is 1. The second-order valence-electron chi connectivity index (χ2n) is 2.94. The predicted octanol–water partition coefficient (Wildman–Crippen LogP) is 2.29. The van der Waals surface area contributed by atoms with E-state index < -0.39 is 17.7 Å². The molecule has 1 rings (SSSR count). The monoisotopic (exact) mass is 171 g/mol. The second kappa shape index (κ2) is 3.19. The van der Waals surface area contributed by atoms with E-state index >= 15 is 0 Å². The van der Waals surface area contributed by atoms with Crippen LogP contribution in [0.4, 0.5) is 8.78 Å². The van der Waals surface area contributed by atoms with Crippen LogP contribution in [0.25, 0.3) is 0 Å². The van der Waals surface area contributed by atoms with Crippen LogP contribution in [0.3, 0.4) is 0 Å². The van der Waals surface area contributed by atoms with Crippen molar-refractivity contribution in [3.8, 4) is 0 Å². The van der Waals surface area contributed by atoms with Crippen molar-refractivity contribution in [1.29, 1.82) is 0 Å². The molecular weight excluding hydrogens is 160 g/mol. The smallest absolute Gasteiger partial charge is 0.163 e. The number of nitrogens with two attached hydrogens (primary N) is 1. The van der Waals surface area contributed by atoms with Gasteiger partial charge in [-0.15, -0.1) is 0 Å². The Morgan fingerprint density at radius 2 is 1.92 bits per heavy atom. The van der Waals surface area contributed by atoms with Crippen LogP contribution in [0.2, 0.25) is 0 Å². The molecule has 0 aliphatic carbocycles. The highest BCUT2D eigenvalue weighted by Gasteiger charge is 2.11. The topological polar surface area (TPSA) is 26.0 Å². The van der Waals surface area contributed by atoms with Crippen molar-refractivity contribution in [2.24, 2.45) is 5.73 Å². The van der Waals surface area contributed by atoms with Gasteiger partial charge in [-0.05, 0) is 25.5 Å². The van der Waals surface area contributed by atoms with Gasteiger partial charge in [0.15, 0.2) is 11.6 Å². The van der Waals surface area contributed by atoms with Crippen molar-refractivity contribution in [3.63, 3.8) is 0 Å². The van der Waals surface area contributed by atoms with Gasteiger partial charge in [0.1, 0.15) is 0 Å². The number of rotatable bonds is 1. The van der Waals surface area contributed by atoms with Gasteiger partial charge in [-0.25, -0.2) is 8.78 Å². The standard InChI is InChI=1S/C9H11F2N/c1-5-3-7(6(2)12)9(11)8(10)4-5/h3-4,6H,12H2,1-2H3. The maximum atomic E-state index is 13.0. The first-order valence-electron chi connectivity index (χ1n) is 3.73. The molecule has 0 spiro atoms. The minimum Gasteiger partial charge on any atom is -0.324 e. The fourth-order valence-corrected chi connectivity index (χ4v) is 1.08. The maximum Gasteiger partial charge on any atom is 0.163 e. The Hall–Kier alpha value is -0.960. The van der Waals surface area contributed by atoms with E-state index in [0.717, 1.165) is 6.07 Å². The molecule has 0 fully saturated rings. The van der Waals surface area contributed by atoms with E-state index in [2.05, 4.69) is 0 Å². The van der Waals surface area contributed by atoms with E-state index in [0.29, 0.717) is 5.56 Å². The summed E-state index contributed by atoms with van der Waals surface area (Å²) in [7, 11) is 0. The highest BCUT2D eigenvalue weighted by atomic mass is 19.2. The van der Waals surface area contributed by atoms with E-state index in [1.165, 1.54) is 0 Å². The molecule has 0 aliphatic rings. The lowest BCUT2D eigenvalue weighted by atomic mass is 10.1. The molecule has 0 heterocycles. The molecule has 1 aromatic carbocycles. The molecule has 0 saturated heterocycles. The zero-order valence-corrected chi connectivity index (χ0v) is 7.07. The summed E-state index contributed by atoms with van der Waals surface area (Å²) in [6, 6.07) is 2.24. The molecule has 1 unspecified atom stereocenters. The summed E-state index contributed by atoms with van der Waals surface area (Å²) < 4.78 is 25.7. The molecule has 1 aromatic rings. The Labute approximate surface area is 70.2 Å². The lowest BCUT2D eigenvalue weighted by molar-refractivity contribution is 0.491. The molecule has 1 atom stereocenters. The summed E-state index contributed by atoms with van der Waals surface area (Å²) in [5, 5.41) is 0. The summed E-state index contributed by atoms with van der Waals surface area (Å²) in [6.07, 6.45) is 0. The number of hydrogen-bond donors (Lipinski definition) is 1. The molecule has 0 aliphatic heterocycles. The van der Waals surface area contributed by atoms with Crippen LogP contribution in [0.1, 0.15) is 24.1 Å². The zero-order chi connectivity index (χ0) is 9.30. The van der Waals surface area contributed by atoms with E-state index in [1.807, 2.05) is 0 Å². The van der Waals surface area contributed by atoms with Crippen molar-refractivity contribution < 1.29 is 8.78 Å². The molecular formula is C9H11F2N. The van der Waals surface area contributed by atoms with Crippen molar-refractivity contribution in [2.75, 3.05) is 0 Å². The normalized spacial score (nSPS) is 13.1. The average Bonchev–Trinajstić information content (AvgIpc) is 1.96. The average molecular weight is 171 g/mol. The maximum absolute atomic E-state index is 13.0. The summed E-state index contributed by atoms with van der Waals surface area (Å²) in [5.41, 5.74) is 6.36. The first kappa shape index (κ1) is 9.13. The van der Waals surface area contributed by atoms with Gasteiger partial charge in [0.05, 0.1) is 0 Å². The minimum atomic E-state index is -0.837. The molecule has 0 amide bonds. The Morgan fingerprint density at radius 1 is 1.33 bits per heavy atom. The van der Waals surface area contributed by atoms with E-state index in [4.69, 9.17) is 5.73 Å². The molecule has 1 nitrogen and oxygen atoms in total. The third-order valence-corrected chi connectivity index (χ3v) is 1.69. The van der Waals surface area contributed by atoms with Crippen LogP contribution < -0.4 is 5.73 Å². The molecule has 0 radical (unpaired) electrons. The third-order valence-electron chi connectivity index (χ3n) is 1.69. The fourth-order valence-electron chi connectivity index (χ4n) is 1.08. The highest BCUT2D eigenvalue weighted by molar-refractivity contribution is 5.27. The van der Waals surface area contributed by atoms with E-state index in [9.17, 15) is 8.78 Å². The molecule has 0 saturated carbocycles. The minimum absolute atomic E-state index is 0.229. The summed E-state index contributed by atoms with van der Waals surface area (Å²) >= 11 is 0. The van der Waals surface area contributed by atoms with Gasteiger partial charge in [-0.3, -0.25) is 0 Å². The molecule has 12 heavy (non-hydrogen) atoms. The number of halogens is 2. The Bertz CT molecular complexity index is 295. The summed E-state index contributed by atoms with van der Waals surface area (Å²) in [6.45, 7) is 3.33. The largest absolute Gasteiger partial charge is 0.324 e. The fraction of sp³-hybridized carbons (Fsp3) is 0.333. The molecule has 0 bridgehead atoms. The molecule has 3 heteroatoms. The van der Waals surface area contributed by atoms with E-state index in [1.54, 1.807) is 19.9 Å². The highest BCUT2D eigenvalue weighted by Crippen LogP contribution is 2.19. The zero-order valence-electron chi connectivity index (χ0n) is 7.07. The third kappa shape index (κ3) is 1.61. The van der Waals surface area contributed by atoms with Gasteiger partial charge in [-0.1, -0.05) is 6.07 Å². The van der Waals surface area contributed by atoms with Crippen LogP contribution >= 0.6 is 0 Å². The first-order valence-corrected chi connectivity index (χ1v) is 3.73. The Kier molecular flexibility index (Phi) is 2.43. The summed E-state index contributed by atoms with van der Waals surface area (Å²) in [5.74, 6) is -1.67. The van der Waals surface area contributed by atoms with Gasteiger partial charge in [0.25, 0.3) is 0 Å². The van der Waals surface area contributed by atoms with Crippen molar-refractivity contribution in [3.05, 3.63) is 34.9 Å². The Balaban J connectivity index is 3.28. The molecule has 0 aromatic heterocycles. The van der Waals surface area contributed by atoms with Crippen LogP contribution in [0.15, 0.2) is 12.1 Å². The van der Waals surface area contributed by atoms with Gasteiger partial charge >= 0.3 is 0 Å². The van der Waals surface area contributed by atoms with Crippen LogP contribution in [-0.4, -0.2) is 0 Å². The SMILES string of the molecule is Cc1cc(F)c(F)c(C(C)N)c1. The summed E-state index contributed by atoms with van der Waals surface area (Å²) in [4.78, 5) is 0. The predicted molar refractivity (Wildman–Crippen MR) is 43.7 cm³/mol. The number of aryl methyl sites for hydroxylation is 1. The van der Waals surface area contributed by atoms with Gasteiger partial charge in [0, 0.05) is 11.6 Å². The Morgan fingerprint density at radius 3 is 2.42 bits per heavy atom. The van der Waals surface area contributed by atoms with Gasteiger partial charge in [0.2, 0.25) is 0 Å². The van der Waals surface area contributed by atoms with Crippen molar-refractivity contribution >= 4 is 0 Å².